The molecule has 2 aromatic rings. The van der Waals surface area contributed by atoms with Crippen molar-refractivity contribution < 1.29 is 14.3 Å². The Labute approximate surface area is 90.1 Å². The Balaban J connectivity index is 2.46. The Morgan fingerprint density at radius 3 is 2.73 bits per heavy atom. The topological polar surface area (TPSA) is 66.0 Å². The lowest BCUT2D eigenvalue weighted by molar-refractivity contribution is 0.0663. The van der Waals surface area contributed by atoms with Crippen LogP contribution in [0, 0.1) is 0 Å². The summed E-state index contributed by atoms with van der Waals surface area (Å²) >= 11 is 5.92. The molecule has 0 aliphatic carbocycles. The highest BCUT2D eigenvalue weighted by atomic mass is 35.5. The van der Waals surface area contributed by atoms with E-state index in [0.717, 1.165) is 0 Å². The first-order valence-corrected chi connectivity index (χ1v) is 4.53. The van der Waals surface area contributed by atoms with Gasteiger partial charge in [0.1, 0.15) is 0 Å². The fraction of sp³-hybridized carbons (Fsp3) is 0. The SMILES string of the molecule is O=C([OH2+])c1cnc(-c2ccccc2Cl)o1. The Morgan fingerprint density at radius 1 is 1.40 bits per heavy atom. The molecule has 0 aliphatic rings. The smallest absolute Gasteiger partial charge is 0.558 e. The Kier molecular flexibility index (Phi) is 2.43. The molecule has 0 spiro atoms. The molecule has 1 aromatic carbocycles. The number of benzene rings is 1. The van der Waals surface area contributed by atoms with E-state index >= 15 is 0 Å². The largest absolute Gasteiger partial charge is 0.586 e. The van der Waals surface area contributed by atoms with Gasteiger partial charge in [-0.25, -0.2) is 4.98 Å². The van der Waals surface area contributed by atoms with Crippen molar-refractivity contribution in [2.24, 2.45) is 0 Å². The summed E-state index contributed by atoms with van der Waals surface area (Å²) in [6.45, 7) is 0. The van der Waals surface area contributed by atoms with Gasteiger partial charge in [-0.3, -0.25) is 0 Å². The van der Waals surface area contributed by atoms with Crippen molar-refractivity contribution in [1.82, 2.24) is 4.98 Å². The third-order valence-electron chi connectivity index (χ3n) is 1.83. The van der Waals surface area contributed by atoms with Crippen molar-refractivity contribution in [1.29, 1.82) is 0 Å². The molecule has 0 atom stereocenters. The van der Waals surface area contributed by atoms with Crippen LogP contribution in [0.3, 0.4) is 0 Å². The zero-order chi connectivity index (χ0) is 10.8. The monoisotopic (exact) mass is 224 g/mol. The van der Waals surface area contributed by atoms with Crippen LogP contribution in [0.5, 0.6) is 0 Å². The van der Waals surface area contributed by atoms with Crippen molar-refractivity contribution in [2.45, 2.75) is 0 Å². The number of halogens is 1. The Morgan fingerprint density at radius 2 is 2.13 bits per heavy atom. The fourth-order valence-corrected chi connectivity index (χ4v) is 1.35. The highest BCUT2D eigenvalue weighted by molar-refractivity contribution is 6.33. The minimum atomic E-state index is -0.902. The lowest BCUT2D eigenvalue weighted by atomic mass is 10.2. The maximum atomic E-state index is 10.7. The van der Waals surface area contributed by atoms with Crippen LogP contribution >= 0.6 is 11.6 Å². The molecule has 5 heteroatoms. The predicted octanol–water partition coefficient (Wildman–Crippen LogP) is 1.86. The highest BCUT2D eigenvalue weighted by Gasteiger charge is 2.19. The van der Waals surface area contributed by atoms with E-state index in [9.17, 15) is 4.79 Å². The fourth-order valence-electron chi connectivity index (χ4n) is 1.14. The van der Waals surface area contributed by atoms with Gasteiger partial charge in [-0.15, -0.1) is 0 Å². The minimum Gasteiger partial charge on any atom is -0.558 e. The summed E-state index contributed by atoms with van der Waals surface area (Å²) in [6.07, 6.45) is 1.22. The minimum absolute atomic E-state index is 0.0927. The second-order valence-electron chi connectivity index (χ2n) is 2.84. The first kappa shape index (κ1) is 9.73. The molecule has 0 saturated heterocycles. The van der Waals surface area contributed by atoms with Crippen LogP contribution in [0.4, 0.5) is 0 Å². The van der Waals surface area contributed by atoms with E-state index in [1.165, 1.54) is 6.20 Å². The lowest BCUT2D eigenvalue weighted by Gasteiger charge is -1.96. The first-order valence-electron chi connectivity index (χ1n) is 4.15. The van der Waals surface area contributed by atoms with Gasteiger partial charge in [0.2, 0.25) is 5.89 Å². The van der Waals surface area contributed by atoms with Crippen molar-refractivity contribution >= 4 is 17.6 Å². The third kappa shape index (κ3) is 1.85. The zero-order valence-electron chi connectivity index (χ0n) is 7.53. The number of aromatic nitrogens is 1. The molecule has 0 saturated carbocycles. The maximum Gasteiger partial charge on any atom is 0.586 e. The van der Waals surface area contributed by atoms with Gasteiger partial charge in [-0.2, -0.15) is 0 Å². The van der Waals surface area contributed by atoms with E-state index in [2.05, 4.69) is 4.98 Å². The standard InChI is InChI=1S/C10H6ClNO3/c11-7-4-2-1-3-6(7)9-12-5-8(15-9)10(13)14/h1-5H,(H,13,14)/p+1. The van der Waals surface area contributed by atoms with Gasteiger partial charge in [0.05, 0.1) is 21.6 Å². The maximum absolute atomic E-state index is 10.7. The molecule has 4 nitrogen and oxygen atoms in total. The van der Waals surface area contributed by atoms with Crippen molar-refractivity contribution in [3.05, 3.63) is 41.2 Å². The van der Waals surface area contributed by atoms with Gasteiger partial charge in [-0.05, 0) is 12.1 Å². The van der Waals surface area contributed by atoms with Crippen LogP contribution in [0.2, 0.25) is 5.02 Å². The van der Waals surface area contributed by atoms with Crippen LogP contribution in [0.25, 0.3) is 11.5 Å². The Bertz CT molecular complexity index is 507. The summed E-state index contributed by atoms with van der Waals surface area (Å²) in [5, 5.41) is 7.33. The van der Waals surface area contributed by atoms with Crippen molar-refractivity contribution in [2.75, 3.05) is 0 Å². The second kappa shape index (κ2) is 3.74. The second-order valence-corrected chi connectivity index (χ2v) is 3.25. The van der Waals surface area contributed by atoms with Crippen LogP contribution in [0.15, 0.2) is 34.9 Å². The predicted molar refractivity (Wildman–Crippen MR) is 54.9 cm³/mol. The average molecular weight is 225 g/mol. The summed E-state index contributed by atoms with van der Waals surface area (Å²) in [5.74, 6) is -0.748. The summed E-state index contributed by atoms with van der Waals surface area (Å²) in [5.41, 5.74) is 0.603. The zero-order valence-corrected chi connectivity index (χ0v) is 8.28. The molecular weight excluding hydrogens is 218 g/mol. The summed E-state index contributed by atoms with van der Waals surface area (Å²) < 4.78 is 5.08. The molecule has 0 aliphatic heterocycles. The number of nitrogens with zero attached hydrogens (tertiary/aromatic N) is 1. The molecule has 0 fully saturated rings. The van der Waals surface area contributed by atoms with E-state index in [4.69, 9.17) is 21.1 Å². The molecule has 0 amide bonds. The number of hydrogen-bond donors (Lipinski definition) is 0. The molecule has 1 heterocycles. The summed E-state index contributed by atoms with van der Waals surface area (Å²) in [4.78, 5) is 14.6. The molecule has 0 radical (unpaired) electrons. The van der Waals surface area contributed by atoms with E-state index < -0.39 is 5.97 Å². The van der Waals surface area contributed by atoms with Gasteiger partial charge >= 0.3 is 5.97 Å². The molecular formula is C10H7ClNO3+. The summed E-state index contributed by atoms with van der Waals surface area (Å²) in [7, 11) is 0. The molecule has 0 bridgehead atoms. The number of hydrogen-bond acceptors (Lipinski definition) is 3. The van der Waals surface area contributed by atoms with Crippen LogP contribution in [0.1, 0.15) is 10.6 Å². The van der Waals surface area contributed by atoms with Gasteiger partial charge in [0.15, 0.2) is 0 Å². The average Bonchev–Trinajstić information content (AvgIpc) is 2.67. The molecule has 15 heavy (non-hydrogen) atoms. The summed E-state index contributed by atoms with van der Waals surface area (Å²) in [6, 6.07) is 6.99. The van der Waals surface area contributed by atoms with Gasteiger partial charge in [-0.1, -0.05) is 23.7 Å². The highest BCUT2D eigenvalue weighted by Crippen LogP contribution is 2.26. The molecule has 0 unspecified atom stereocenters. The van der Waals surface area contributed by atoms with Crippen LogP contribution < -0.4 is 0 Å². The lowest BCUT2D eigenvalue weighted by Crippen LogP contribution is -1.91. The molecule has 2 N–H and O–H groups in total. The van der Waals surface area contributed by atoms with E-state index in [0.29, 0.717) is 10.6 Å². The number of carbonyl (C=O) groups is 1. The van der Waals surface area contributed by atoms with Gasteiger partial charge in [0.25, 0.3) is 5.76 Å². The van der Waals surface area contributed by atoms with Gasteiger partial charge in [0, 0.05) is 0 Å². The number of carbonyl (C=O) groups excluding carboxylic acids is 1. The van der Waals surface area contributed by atoms with Crippen LogP contribution in [-0.4, -0.2) is 16.1 Å². The van der Waals surface area contributed by atoms with E-state index in [-0.39, 0.29) is 11.7 Å². The van der Waals surface area contributed by atoms with Gasteiger partial charge < -0.3 is 9.52 Å². The molecule has 2 rings (SSSR count). The quantitative estimate of drug-likeness (QED) is 0.732. The number of oxazole rings is 1. The molecule has 1 aromatic heterocycles. The van der Waals surface area contributed by atoms with Crippen LogP contribution in [-0.2, 0) is 0 Å². The normalized spacial score (nSPS) is 10.2. The molecule has 76 valence electrons. The van der Waals surface area contributed by atoms with Crippen molar-refractivity contribution in [3.8, 4) is 11.5 Å². The first-order chi connectivity index (χ1) is 7.18. The number of rotatable bonds is 2. The van der Waals surface area contributed by atoms with E-state index in [1.807, 2.05) is 0 Å². The third-order valence-corrected chi connectivity index (χ3v) is 2.16. The van der Waals surface area contributed by atoms with Crippen molar-refractivity contribution in [3.63, 3.8) is 0 Å². The van der Waals surface area contributed by atoms with E-state index in [1.54, 1.807) is 24.3 Å². The Hall–Kier alpha value is -1.81.